The first-order chi connectivity index (χ1) is 6.58. The minimum Gasteiger partial charge on any atom is -0.459 e. The molecule has 2 aliphatic rings. The fraction of sp³-hybridized carbons (Fsp3) is 0.778. The van der Waals surface area contributed by atoms with Crippen LogP contribution in [0.4, 0.5) is 0 Å². The average molecular weight is 199 g/mol. The molecule has 0 bridgehead atoms. The zero-order valence-corrected chi connectivity index (χ0v) is 7.90. The van der Waals surface area contributed by atoms with E-state index in [1.165, 1.54) is 6.92 Å². The highest BCUT2D eigenvalue weighted by Gasteiger charge is 2.49. The lowest BCUT2D eigenvalue weighted by atomic mass is 10.0. The summed E-state index contributed by atoms with van der Waals surface area (Å²) in [6, 6.07) is -0.268. The highest BCUT2D eigenvalue weighted by Crippen LogP contribution is 2.36. The van der Waals surface area contributed by atoms with E-state index in [2.05, 4.69) is 5.32 Å². The lowest BCUT2D eigenvalue weighted by molar-refractivity contribution is -0.145. The van der Waals surface area contributed by atoms with E-state index >= 15 is 0 Å². The second-order valence-electron chi connectivity index (χ2n) is 3.95. The van der Waals surface area contributed by atoms with E-state index < -0.39 is 12.2 Å². The monoisotopic (exact) mass is 199 g/mol. The van der Waals surface area contributed by atoms with Crippen molar-refractivity contribution in [1.29, 1.82) is 0 Å². The fourth-order valence-corrected chi connectivity index (χ4v) is 2.29. The van der Waals surface area contributed by atoms with Crippen LogP contribution in [0, 0.1) is 5.92 Å². The SMILES string of the molecule is CC(=O)NC1CC2CC(=O)OC2C1O. The molecule has 1 saturated carbocycles. The van der Waals surface area contributed by atoms with Crippen LogP contribution in [0.25, 0.3) is 0 Å². The molecule has 4 unspecified atom stereocenters. The van der Waals surface area contributed by atoms with E-state index in [1.807, 2.05) is 0 Å². The van der Waals surface area contributed by atoms with Gasteiger partial charge < -0.3 is 15.2 Å². The smallest absolute Gasteiger partial charge is 0.306 e. The van der Waals surface area contributed by atoms with Crippen LogP contribution in [0.3, 0.4) is 0 Å². The number of ether oxygens (including phenoxy) is 1. The third-order valence-corrected chi connectivity index (χ3v) is 2.86. The molecule has 1 aliphatic carbocycles. The Morgan fingerprint density at radius 3 is 2.93 bits per heavy atom. The molecule has 2 N–H and O–H groups in total. The van der Waals surface area contributed by atoms with Gasteiger partial charge in [-0.15, -0.1) is 0 Å². The van der Waals surface area contributed by atoms with Crippen LogP contribution < -0.4 is 5.32 Å². The van der Waals surface area contributed by atoms with Crippen LogP contribution in [0.15, 0.2) is 0 Å². The van der Waals surface area contributed by atoms with Crippen LogP contribution in [0.1, 0.15) is 19.8 Å². The molecular formula is C9H13NO4. The van der Waals surface area contributed by atoms with Crippen LogP contribution in [-0.2, 0) is 14.3 Å². The lowest BCUT2D eigenvalue weighted by Gasteiger charge is -2.18. The Kier molecular flexibility index (Phi) is 2.19. The topological polar surface area (TPSA) is 75.6 Å². The number of carbonyl (C=O) groups is 2. The van der Waals surface area contributed by atoms with Gasteiger partial charge in [-0.3, -0.25) is 9.59 Å². The zero-order chi connectivity index (χ0) is 10.3. The van der Waals surface area contributed by atoms with Crippen molar-refractivity contribution < 1.29 is 19.4 Å². The first-order valence-corrected chi connectivity index (χ1v) is 4.72. The summed E-state index contributed by atoms with van der Waals surface area (Å²) in [4.78, 5) is 21.7. The first kappa shape index (κ1) is 9.45. The Bertz CT molecular complexity index is 278. The van der Waals surface area contributed by atoms with Crippen LogP contribution in [0.5, 0.6) is 0 Å². The number of aliphatic hydroxyl groups is 1. The highest BCUT2D eigenvalue weighted by atomic mass is 16.6. The summed E-state index contributed by atoms with van der Waals surface area (Å²) in [6.45, 7) is 1.41. The molecule has 14 heavy (non-hydrogen) atoms. The fourth-order valence-electron chi connectivity index (χ4n) is 2.29. The largest absolute Gasteiger partial charge is 0.459 e. The molecule has 0 aromatic carbocycles. The number of carbonyl (C=O) groups excluding carboxylic acids is 2. The minimum atomic E-state index is -0.754. The van der Waals surface area contributed by atoms with Crippen LogP contribution >= 0.6 is 0 Å². The predicted octanol–water partition coefficient (Wildman–Crippen LogP) is -0.813. The number of rotatable bonds is 1. The van der Waals surface area contributed by atoms with Crippen molar-refractivity contribution >= 4 is 11.9 Å². The van der Waals surface area contributed by atoms with Gasteiger partial charge in [-0.25, -0.2) is 0 Å². The van der Waals surface area contributed by atoms with Crippen molar-refractivity contribution in [3.05, 3.63) is 0 Å². The molecule has 1 saturated heterocycles. The first-order valence-electron chi connectivity index (χ1n) is 4.72. The molecule has 0 aromatic heterocycles. The van der Waals surface area contributed by atoms with Crippen LogP contribution in [0.2, 0.25) is 0 Å². The maximum absolute atomic E-state index is 10.9. The van der Waals surface area contributed by atoms with Gasteiger partial charge in [0, 0.05) is 12.8 Å². The molecule has 0 spiro atoms. The van der Waals surface area contributed by atoms with Crippen molar-refractivity contribution in [1.82, 2.24) is 5.32 Å². The average Bonchev–Trinajstić information content (AvgIpc) is 2.53. The molecule has 2 fully saturated rings. The summed E-state index contributed by atoms with van der Waals surface area (Å²) in [5, 5.41) is 12.4. The molecule has 1 heterocycles. The molecular weight excluding hydrogens is 186 g/mol. The zero-order valence-electron chi connectivity index (χ0n) is 7.90. The van der Waals surface area contributed by atoms with Crippen molar-refractivity contribution in [2.45, 2.75) is 38.0 Å². The second-order valence-corrected chi connectivity index (χ2v) is 3.95. The van der Waals surface area contributed by atoms with E-state index in [0.29, 0.717) is 12.8 Å². The maximum atomic E-state index is 10.9. The Balaban J connectivity index is 2.01. The van der Waals surface area contributed by atoms with Crippen molar-refractivity contribution in [2.24, 2.45) is 5.92 Å². The standard InChI is InChI=1S/C9H13NO4/c1-4(11)10-6-2-5-3-7(12)14-9(5)8(6)13/h5-6,8-9,13H,2-3H2,1H3,(H,10,11). The summed E-state index contributed by atoms with van der Waals surface area (Å²) in [5.41, 5.74) is 0. The molecule has 0 aromatic rings. The predicted molar refractivity (Wildman–Crippen MR) is 46.2 cm³/mol. The highest BCUT2D eigenvalue weighted by molar-refractivity contribution is 5.74. The normalized spacial score (nSPS) is 40.6. The van der Waals surface area contributed by atoms with Crippen LogP contribution in [-0.4, -0.2) is 35.2 Å². The number of hydrogen-bond acceptors (Lipinski definition) is 4. The van der Waals surface area contributed by atoms with Gasteiger partial charge in [-0.1, -0.05) is 0 Å². The van der Waals surface area contributed by atoms with Gasteiger partial charge in [-0.05, 0) is 6.42 Å². The lowest BCUT2D eigenvalue weighted by Crippen LogP contribution is -2.42. The van der Waals surface area contributed by atoms with E-state index in [1.54, 1.807) is 0 Å². The Hall–Kier alpha value is -1.10. The molecule has 5 nitrogen and oxygen atoms in total. The number of fused-ring (bicyclic) bond motifs is 1. The van der Waals surface area contributed by atoms with Gasteiger partial charge in [0.05, 0.1) is 12.5 Å². The Morgan fingerprint density at radius 2 is 2.36 bits per heavy atom. The number of esters is 1. The van der Waals surface area contributed by atoms with E-state index in [4.69, 9.17) is 4.74 Å². The molecule has 2 rings (SSSR count). The summed E-state index contributed by atoms with van der Waals surface area (Å²) < 4.78 is 4.97. The summed E-state index contributed by atoms with van der Waals surface area (Å²) in [5.74, 6) is -0.352. The van der Waals surface area contributed by atoms with Crippen molar-refractivity contribution in [2.75, 3.05) is 0 Å². The number of nitrogens with one attached hydrogen (secondary N) is 1. The third kappa shape index (κ3) is 1.48. The molecule has 0 radical (unpaired) electrons. The molecule has 1 aliphatic heterocycles. The van der Waals surface area contributed by atoms with Gasteiger partial charge in [0.15, 0.2) is 0 Å². The minimum absolute atomic E-state index is 0.0642. The van der Waals surface area contributed by atoms with Gasteiger partial charge in [0.1, 0.15) is 12.2 Å². The van der Waals surface area contributed by atoms with Gasteiger partial charge >= 0.3 is 5.97 Å². The quantitative estimate of drug-likeness (QED) is 0.541. The summed E-state index contributed by atoms with van der Waals surface area (Å²) in [7, 11) is 0. The molecule has 4 atom stereocenters. The molecule has 78 valence electrons. The molecule has 5 heteroatoms. The van der Waals surface area contributed by atoms with E-state index in [9.17, 15) is 14.7 Å². The van der Waals surface area contributed by atoms with Crippen molar-refractivity contribution in [3.8, 4) is 0 Å². The van der Waals surface area contributed by atoms with E-state index in [-0.39, 0.29) is 23.8 Å². The van der Waals surface area contributed by atoms with Gasteiger partial charge in [0.25, 0.3) is 0 Å². The van der Waals surface area contributed by atoms with E-state index in [0.717, 1.165) is 0 Å². The summed E-state index contributed by atoms with van der Waals surface area (Å²) >= 11 is 0. The van der Waals surface area contributed by atoms with Gasteiger partial charge in [0.2, 0.25) is 5.91 Å². The van der Waals surface area contributed by atoms with Gasteiger partial charge in [-0.2, -0.15) is 0 Å². The second kappa shape index (κ2) is 3.24. The number of hydrogen-bond donors (Lipinski definition) is 2. The number of amides is 1. The van der Waals surface area contributed by atoms with Crippen molar-refractivity contribution in [3.63, 3.8) is 0 Å². The summed E-state index contributed by atoms with van der Waals surface area (Å²) in [6.07, 6.45) is -0.190. The Labute approximate surface area is 81.4 Å². The Morgan fingerprint density at radius 1 is 1.64 bits per heavy atom. The number of aliphatic hydroxyl groups excluding tert-OH is 1. The maximum Gasteiger partial charge on any atom is 0.306 e. The third-order valence-electron chi connectivity index (χ3n) is 2.86. The molecule has 1 amide bonds.